The fourth-order valence-corrected chi connectivity index (χ4v) is 2.93. The van der Waals surface area contributed by atoms with E-state index in [9.17, 15) is 9.59 Å². The molecule has 0 aliphatic carbocycles. The van der Waals surface area contributed by atoms with Crippen molar-refractivity contribution < 1.29 is 9.59 Å². The first kappa shape index (κ1) is 17.6. The van der Waals surface area contributed by atoms with E-state index in [-0.39, 0.29) is 18.2 Å². The number of hydrogen-bond donors (Lipinski definition) is 2. The third-order valence-corrected chi connectivity index (χ3v) is 4.14. The summed E-state index contributed by atoms with van der Waals surface area (Å²) in [4.78, 5) is 25.3. The number of nitrogens with one attached hydrogen (secondary N) is 2. The van der Waals surface area contributed by atoms with Gasteiger partial charge in [-0.2, -0.15) is 0 Å². The second-order valence-corrected chi connectivity index (χ2v) is 6.28. The van der Waals surface area contributed by atoms with Crippen LogP contribution in [0.25, 0.3) is 0 Å². The van der Waals surface area contributed by atoms with E-state index in [0.29, 0.717) is 11.6 Å². The number of benzene rings is 1. The molecule has 5 nitrogen and oxygen atoms in total. The van der Waals surface area contributed by atoms with Crippen molar-refractivity contribution in [3.05, 3.63) is 23.2 Å². The van der Waals surface area contributed by atoms with Crippen LogP contribution in [0.4, 0.5) is 11.4 Å². The molecule has 23 heavy (non-hydrogen) atoms. The molecule has 1 heterocycles. The Bertz CT molecular complexity index is 555. The van der Waals surface area contributed by atoms with Gasteiger partial charge in [0, 0.05) is 38.0 Å². The second kappa shape index (κ2) is 8.77. The van der Waals surface area contributed by atoms with Crippen molar-refractivity contribution in [1.29, 1.82) is 0 Å². The molecule has 0 bridgehead atoms. The number of carbonyl (C=O) groups excluding carboxylic acids is 2. The van der Waals surface area contributed by atoms with Crippen LogP contribution in [0.15, 0.2) is 18.2 Å². The Kier molecular flexibility index (Phi) is 6.71. The molecule has 0 aromatic heterocycles. The number of rotatable bonds is 5. The van der Waals surface area contributed by atoms with E-state index in [1.807, 2.05) is 12.1 Å². The predicted molar refractivity (Wildman–Crippen MR) is 94.1 cm³/mol. The predicted octanol–water partition coefficient (Wildman–Crippen LogP) is 3.19. The molecule has 2 rings (SSSR count). The molecule has 1 aromatic carbocycles. The molecule has 126 valence electrons. The van der Waals surface area contributed by atoms with Crippen molar-refractivity contribution in [3.63, 3.8) is 0 Å². The quantitative estimate of drug-likeness (QED) is 0.867. The average molecular weight is 338 g/mol. The number of carbonyl (C=O) groups is 2. The van der Waals surface area contributed by atoms with Gasteiger partial charge in [-0.25, -0.2) is 0 Å². The Morgan fingerprint density at radius 3 is 2.52 bits per heavy atom. The van der Waals surface area contributed by atoms with Gasteiger partial charge < -0.3 is 15.5 Å². The van der Waals surface area contributed by atoms with Crippen LogP contribution in [-0.2, 0) is 9.59 Å². The maximum Gasteiger partial charge on any atom is 0.226 e. The van der Waals surface area contributed by atoms with Gasteiger partial charge in [0.15, 0.2) is 0 Å². The fraction of sp³-hybridized carbons (Fsp3) is 0.529. The topological polar surface area (TPSA) is 61.4 Å². The molecule has 1 aromatic rings. The summed E-state index contributed by atoms with van der Waals surface area (Å²) in [6.07, 6.45) is 5.08. The van der Waals surface area contributed by atoms with Crippen molar-refractivity contribution in [3.8, 4) is 0 Å². The smallest absolute Gasteiger partial charge is 0.226 e. The fourth-order valence-electron chi connectivity index (χ4n) is 2.76. The first-order valence-electron chi connectivity index (χ1n) is 8.15. The van der Waals surface area contributed by atoms with Gasteiger partial charge in [0.2, 0.25) is 11.8 Å². The molecular weight excluding hydrogens is 314 g/mol. The van der Waals surface area contributed by atoms with Crippen LogP contribution in [0.1, 0.15) is 39.0 Å². The van der Waals surface area contributed by atoms with E-state index in [1.54, 1.807) is 6.07 Å². The Morgan fingerprint density at radius 2 is 1.87 bits per heavy atom. The van der Waals surface area contributed by atoms with Crippen molar-refractivity contribution >= 4 is 34.8 Å². The van der Waals surface area contributed by atoms with Gasteiger partial charge in [-0.15, -0.1) is 0 Å². The highest BCUT2D eigenvalue weighted by molar-refractivity contribution is 6.31. The molecule has 0 radical (unpaired) electrons. The molecule has 6 heteroatoms. The third-order valence-electron chi connectivity index (χ3n) is 3.91. The lowest BCUT2D eigenvalue weighted by Gasteiger charge is -2.25. The van der Waals surface area contributed by atoms with Crippen LogP contribution in [0.2, 0.25) is 5.02 Å². The van der Waals surface area contributed by atoms with E-state index in [1.165, 1.54) is 32.6 Å². The Morgan fingerprint density at radius 1 is 1.17 bits per heavy atom. The molecule has 0 unspecified atom stereocenters. The minimum atomic E-state index is -0.134. The normalized spacial score (nSPS) is 15.0. The van der Waals surface area contributed by atoms with Crippen LogP contribution in [-0.4, -0.2) is 31.4 Å². The van der Waals surface area contributed by atoms with Gasteiger partial charge in [-0.05, 0) is 31.0 Å². The molecule has 1 fully saturated rings. The number of nitrogens with zero attached hydrogens (tertiary/aromatic N) is 1. The summed E-state index contributed by atoms with van der Waals surface area (Å²) in [7, 11) is 0. The SMILES string of the molecule is CC(=O)NCCC(=O)Nc1cc(Cl)ccc1N1CCCCCC1. The standard InChI is InChI=1S/C17H24ClN3O2/c1-13(22)19-9-8-17(23)20-15-12-14(18)6-7-16(15)21-10-4-2-3-5-11-21/h6-7,12H,2-5,8-11H2,1H3,(H,19,22)(H,20,23). The van der Waals surface area contributed by atoms with E-state index < -0.39 is 0 Å². The lowest BCUT2D eigenvalue weighted by molar-refractivity contribution is -0.119. The zero-order valence-electron chi connectivity index (χ0n) is 13.5. The van der Waals surface area contributed by atoms with Gasteiger partial charge >= 0.3 is 0 Å². The zero-order valence-corrected chi connectivity index (χ0v) is 14.3. The van der Waals surface area contributed by atoms with Gasteiger partial charge in [0.05, 0.1) is 11.4 Å². The average Bonchev–Trinajstić information content (AvgIpc) is 2.76. The Labute approximate surface area is 142 Å². The van der Waals surface area contributed by atoms with E-state index in [2.05, 4.69) is 15.5 Å². The maximum absolute atomic E-state index is 12.1. The van der Waals surface area contributed by atoms with E-state index in [4.69, 9.17) is 11.6 Å². The number of anilines is 2. The van der Waals surface area contributed by atoms with Gasteiger partial charge in [-0.3, -0.25) is 9.59 Å². The summed E-state index contributed by atoms with van der Waals surface area (Å²) < 4.78 is 0. The van der Waals surface area contributed by atoms with Crippen LogP contribution >= 0.6 is 11.6 Å². The van der Waals surface area contributed by atoms with Crippen molar-refractivity contribution in [2.45, 2.75) is 39.0 Å². The minimum Gasteiger partial charge on any atom is -0.370 e. The van der Waals surface area contributed by atoms with Crippen molar-refractivity contribution in [1.82, 2.24) is 5.32 Å². The zero-order chi connectivity index (χ0) is 16.7. The number of halogens is 1. The summed E-state index contributed by atoms with van der Waals surface area (Å²) in [5.74, 6) is -0.261. The lowest BCUT2D eigenvalue weighted by atomic mass is 10.2. The molecule has 1 saturated heterocycles. The summed E-state index contributed by atoms with van der Waals surface area (Å²) >= 11 is 6.09. The largest absolute Gasteiger partial charge is 0.370 e. The van der Waals surface area contributed by atoms with Crippen LogP contribution in [0.3, 0.4) is 0 Å². The maximum atomic E-state index is 12.1. The van der Waals surface area contributed by atoms with E-state index in [0.717, 1.165) is 24.5 Å². The van der Waals surface area contributed by atoms with E-state index >= 15 is 0 Å². The molecule has 1 aliphatic heterocycles. The molecule has 2 N–H and O–H groups in total. The minimum absolute atomic E-state index is 0.128. The third kappa shape index (κ3) is 5.75. The summed E-state index contributed by atoms with van der Waals surface area (Å²) in [6.45, 7) is 3.76. The highest BCUT2D eigenvalue weighted by atomic mass is 35.5. The van der Waals surface area contributed by atoms with Crippen LogP contribution < -0.4 is 15.5 Å². The molecule has 2 amide bonds. The number of amides is 2. The second-order valence-electron chi connectivity index (χ2n) is 5.84. The molecular formula is C17H24ClN3O2. The van der Waals surface area contributed by atoms with Crippen LogP contribution in [0.5, 0.6) is 0 Å². The highest BCUT2D eigenvalue weighted by Gasteiger charge is 2.15. The molecule has 1 aliphatic rings. The van der Waals surface area contributed by atoms with Crippen molar-refractivity contribution in [2.75, 3.05) is 29.9 Å². The lowest BCUT2D eigenvalue weighted by Crippen LogP contribution is -2.27. The monoisotopic (exact) mass is 337 g/mol. The highest BCUT2D eigenvalue weighted by Crippen LogP contribution is 2.31. The van der Waals surface area contributed by atoms with Crippen molar-refractivity contribution in [2.24, 2.45) is 0 Å². The summed E-state index contributed by atoms with van der Waals surface area (Å²) in [5, 5.41) is 6.15. The number of hydrogen-bond acceptors (Lipinski definition) is 3. The Hall–Kier alpha value is -1.75. The Balaban J connectivity index is 2.05. The first-order chi connectivity index (χ1) is 11.1. The summed E-state index contributed by atoms with van der Waals surface area (Å²) in [5.41, 5.74) is 1.76. The summed E-state index contributed by atoms with van der Waals surface area (Å²) in [6, 6.07) is 5.61. The van der Waals surface area contributed by atoms with Gasteiger partial charge in [0.25, 0.3) is 0 Å². The van der Waals surface area contributed by atoms with Gasteiger partial charge in [-0.1, -0.05) is 24.4 Å². The molecule has 0 atom stereocenters. The first-order valence-corrected chi connectivity index (χ1v) is 8.53. The van der Waals surface area contributed by atoms with Crippen LogP contribution in [0, 0.1) is 0 Å². The molecule has 0 saturated carbocycles. The van der Waals surface area contributed by atoms with Gasteiger partial charge in [0.1, 0.15) is 0 Å². The molecule has 0 spiro atoms.